The summed E-state index contributed by atoms with van der Waals surface area (Å²) in [6, 6.07) is 25.2. The predicted molar refractivity (Wildman–Crippen MR) is 136 cm³/mol. The second-order valence-corrected chi connectivity index (χ2v) is 8.69. The van der Waals surface area contributed by atoms with Crippen LogP contribution >= 0.6 is 11.6 Å². The summed E-state index contributed by atoms with van der Waals surface area (Å²) in [4.78, 5) is 28.5. The minimum atomic E-state index is -0.117. The number of nitrogens with zero attached hydrogens (tertiary/aromatic N) is 5. The molecule has 6 nitrogen and oxygen atoms in total. The Hall–Kier alpha value is -4.03. The molecule has 0 amide bonds. The Balaban J connectivity index is 1.66. The van der Waals surface area contributed by atoms with Crippen LogP contribution in [-0.4, -0.2) is 24.1 Å². The van der Waals surface area contributed by atoms with Crippen molar-refractivity contribution in [3.8, 4) is 5.69 Å². The molecule has 3 heterocycles. The van der Waals surface area contributed by atoms with Gasteiger partial charge in [0.05, 0.1) is 16.7 Å². The Morgan fingerprint density at radius 2 is 1.56 bits per heavy atom. The van der Waals surface area contributed by atoms with Crippen LogP contribution in [0, 0.1) is 6.92 Å². The highest BCUT2D eigenvalue weighted by Crippen LogP contribution is 2.29. The van der Waals surface area contributed by atoms with Crippen molar-refractivity contribution in [2.45, 2.75) is 19.9 Å². The molecule has 0 saturated heterocycles. The molecule has 0 N–H and O–H groups in total. The van der Waals surface area contributed by atoms with Crippen molar-refractivity contribution in [3.63, 3.8) is 0 Å². The Morgan fingerprint density at radius 1 is 0.824 bits per heavy atom. The average Bonchev–Trinajstić information content (AvgIpc) is 3.16. The molecule has 34 heavy (non-hydrogen) atoms. The SMILES string of the molecule is Cc1nc2c(c(=O)n1CCc1ccccc1)c1nc3ccccc3nc1n2-c1cccc(Cl)c1. The Bertz CT molecular complexity index is 1750. The number of benzene rings is 3. The lowest BCUT2D eigenvalue weighted by Gasteiger charge is -2.11. The van der Waals surface area contributed by atoms with E-state index in [1.54, 1.807) is 4.57 Å². The lowest BCUT2D eigenvalue weighted by atomic mass is 10.1. The zero-order valence-corrected chi connectivity index (χ0v) is 19.2. The fourth-order valence-corrected chi connectivity index (χ4v) is 4.62. The van der Waals surface area contributed by atoms with E-state index in [0.29, 0.717) is 39.6 Å². The highest BCUT2D eigenvalue weighted by Gasteiger charge is 2.22. The van der Waals surface area contributed by atoms with E-state index in [-0.39, 0.29) is 5.56 Å². The zero-order valence-electron chi connectivity index (χ0n) is 18.4. The van der Waals surface area contributed by atoms with Gasteiger partial charge in [-0.25, -0.2) is 15.0 Å². The summed E-state index contributed by atoms with van der Waals surface area (Å²) < 4.78 is 3.61. The number of aryl methyl sites for hydroxylation is 2. The molecule has 3 aromatic carbocycles. The van der Waals surface area contributed by atoms with E-state index < -0.39 is 0 Å². The van der Waals surface area contributed by atoms with Crippen molar-refractivity contribution < 1.29 is 0 Å². The van der Waals surface area contributed by atoms with Gasteiger partial charge in [0.25, 0.3) is 5.56 Å². The largest absolute Gasteiger partial charge is 0.296 e. The quantitative estimate of drug-likeness (QED) is 0.345. The summed E-state index contributed by atoms with van der Waals surface area (Å²) >= 11 is 6.31. The normalized spacial score (nSPS) is 11.6. The maximum atomic E-state index is 13.8. The Kier molecular flexibility index (Phi) is 4.89. The van der Waals surface area contributed by atoms with Gasteiger partial charge >= 0.3 is 0 Å². The third-order valence-corrected chi connectivity index (χ3v) is 6.32. The van der Waals surface area contributed by atoms with E-state index in [2.05, 4.69) is 12.1 Å². The average molecular weight is 466 g/mol. The molecular formula is C27H20ClN5O. The highest BCUT2D eigenvalue weighted by molar-refractivity contribution is 6.30. The lowest BCUT2D eigenvalue weighted by Crippen LogP contribution is -2.25. The zero-order chi connectivity index (χ0) is 23.2. The minimum Gasteiger partial charge on any atom is -0.296 e. The van der Waals surface area contributed by atoms with Crippen LogP contribution in [0.25, 0.3) is 38.9 Å². The maximum absolute atomic E-state index is 13.8. The van der Waals surface area contributed by atoms with E-state index in [9.17, 15) is 4.79 Å². The van der Waals surface area contributed by atoms with Gasteiger partial charge in [-0.3, -0.25) is 13.9 Å². The lowest BCUT2D eigenvalue weighted by molar-refractivity contribution is 0.637. The van der Waals surface area contributed by atoms with Crippen molar-refractivity contribution in [2.75, 3.05) is 0 Å². The minimum absolute atomic E-state index is 0.117. The first-order chi connectivity index (χ1) is 16.6. The van der Waals surface area contributed by atoms with Crippen molar-refractivity contribution in [1.29, 1.82) is 0 Å². The summed E-state index contributed by atoms with van der Waals surface area (Å²) in [5, 5.41) is 1.06. The molecule has 0 saturated carbocycles. The van der Waals surface area contributed by atoms with Crippen LogP contribution in [0.3, 0.4) is 0 Å². The second-order valence-electron chi connectivity index (χ2n) is 8.25. The van der Waals surface area contributed by atoms with Crippen LogP contribution in [0.5, 0.6) is 0 Å². The second kappa shape index (κ2) is 8.08. The third kappa shape index (κ3) is 3.35. The van der Waals surface area contributed by atoms with Crippen LogP contribution in [-0.2, 0) is 13.0 Å². The molecule has 3 aromatic heterocycles. The van der Waals surface area contributed by atoms with Gasteiger partial charge in [0.1, 0.15) is 16.7 Å². The molecule has 0 aliphatic rings. The molecule has 7 heteroatoms. The third-order valence-electron chi connectivity index (χ3n) is 6.09. The van der Waals surface area contributed by atoms with Crippen molar-refractivity contribution in [1.82, 2.24) is 24.1 Å². The van der Waals surface area contributed by atoms with Gasteiger partial charge < -0.3 is 0 Å². The Morgan fingerprint density at radius 3 is 2.32 bits per heavy atom. The molecule has 166 valence electrons. The standard InChI is InChI=1S/C27H20ClN5O/c1-17-29-25-23(27(34)32(17)15-14-18-8-3-2-4-9-18)24-26(31-22-13-6-5-12-21(22)30-24)33(25)20-11-7-10-19(28)16-20/h2-13,16H,14-15H2,1H3. The summed E-state index contributed by atoms with van der Waals surface area (Å²) in [5.41, 5.74) is 4.98. The van der Waals surface area contributed by atoms with E-state index in [4.69, 9.17) is 26.6 Å². The maximum Gasteiger partial charge on any atom is 0.265 e. The fraction of sp³-hybridized carbons (Fsp3) is 0.111. The van der Waals surface area contributed by atoms with Crippen LogP contribution in [0.2, 0.25) is 5.02 Å². The van der Waals surface area contributed by atoms with E-state index in [0.717, 1.165) is 23.1 Å². The van der Waals surface area contributed by atoms with Gasteiger partial charge in [0.15, 0.2) is 11.3 Å². The smallest absolute Gasteiger partial charge is 0.265 e. The van der Waals surface area contributed by atoms with Gasteiger partial charge in [0.2, 0.25) is 0 Å². The van der Waals surface area contributed by atoms with Crippen LogP contribution in [0.15, 0.2) is 83.7 Å². The number of para-hydroxylation sites is 2. The summed E-state index contributed by atoms with van der Waals surface area (Å²) in [5.74, 6) is 0.643. The van der Waals surface area contributed by atoms with Gasteiger partial charge in [0, 0.05) is 11.6 Å². The molecule has 0 aliphatic heterocycles. The van der Waals surface area contributed by atoms with Crippen molar-refractivity contribution in [3.05, 3.63) is 106 Å². The number of hydrogen-bond donors (Lipinski definition) is 0. The number of rotatable bonds is 4. The Labute approximate surface area is 200 Å². The first kappa shape index (κ1) is 20.6. The van der Waals surface area contributed by atoms with Gasteiger partial charge in [-0.1, -0.05) is 60.1 Å². The van der Waals surface area contributed by atoms with Crippen LogP contribution in [0.4, 0.5) is 0 Å². The van der Waals surface area contributed by atoms with Crippen molar-refractivity contribution >= 4 is 44.8 Å². The molecule has 0 bridgehead atoms. The molecule has 0 aliphatic carbocycles. The molecule has 0 unspecified atom stereocenters. The highest BCUT2D eigenvalue weighted by atomic mass is 35.5. The monoisotopic (exact) mass is 465 g/mol. The molecule has 0 radical (unpaired) electrons. The molecule has 6 aromatic rings. The fourth-order valence-electron chi connectivity index (χ4n) is 4.44. The molecule has 6 rings (SSSR count). The van der Waals surface area contributed by atoms with Gasteiger partial charge in [-0.2, -0.15) is 0 Å². The van der Waals surface area contributed by atoms with Crippen LogP contribution < -0.4 is 5.56 Å². The predicted octanol–water partition coefficient (Wildman–Crippen LogP) is 5.49. The number of aromatic nitrogens is 5. The first-order valence-corrected chi connectivity index (χ1v) is 11.5. The summed E-state index contributed by atoms with van der Waals surface area (Å²) in [7, 11) is 0. The summed E-state index contributed by atoms with van der Waals surface area (Å²) in [6.45, 7) is 2.39. The topological polar surface area (TPSA) is 65.6 Å². The molecule has 0 atom stereocenters. The molecule has 0 fully saturated rings. The summed E-state index contributed by atoms with van der Waals surface area (Å²) in [6.07, 6.45) is 0.732. The number of halogens is 1. The van der Waals surface area contributed by atoms with Gasteiger partial charge in [-0.15, -0.1) is 0 Å². The number of hydrogen-bond acceptors (Lipinski definition) is 4. The molecule has 0 spiro atoms. The molecular weight excluding hydrogens is 446 g/mol. The van der Waals surface area contributed by atoms with E-state index >= 15 is 0 Å². The van der Waals surface area contributed by atoms with E-state index in [1.807, 2.05) is 78.2 Å². The van der Waals surface area contributed by atoms with Crippen LogP contribution in [0.1, 0.15) is 11.4 Å². The van der Waals surface area contributed by atoms with E-state index in [1.165, 1.54) is 5.56 Å². The van der Waals surface area contributed by atoms with Crippen molar-refractivity contribution in [2.24, 2.45) is 0 Å². The van der Waals surface area contributed by atoms with Gasteiger partial charge in [-0.05, 0) is 49.2 Å². The number of fused-ring (bicyclic) bond motifs is 4. The first-order valence-electron chi connectivity index (χ1n) is 11.1.